The van der Waals surface area contributed by atoms with Crippen molar-refractivity contribution in [2.75, 3.05) is 19.8 Å². The largest absolute Gasteiger partial charge is 0.668 e. The minimum absolute atomic E-state index is 0.250. The second-order valence-corrected chi connectivity index (χ2v) is 3.93. The van der Waals surface area contributed by atoms with Gasteiger partial charge in [-0.1, -0.05) is 19.8 Å². The SMILES string of the molecule is CCCCCN.CCO.CCO.O[Si](O)(O)O. The lowest BCUT2D eigenvalue weighted by molar-refractivity contribution is 0.117. The molecular weight excluding hydrogens is 246 g/mol. The Hall–Kier alpha value is -0.0631. The number of aliphatic hydroxyl groups is 2. The molecule has 7 nitrogen and oxygen atoms in total. The molecule has 0 unspecified atom stereocenters. The summed E-state index contributed by atoms with van der Waals surface area (Å²) in [6.45, 7) is 6.89. The molecule has 110 valence electrons. The second kappa shape index (κ2) is 25.0. The topological polar surface area (TPSA) is 147 Å². The van der Waals surface area contributed by atoms with Crippen LogP contribution in [-0.2, 0) is 0 Å². The molecule has 0 aromatic carbocycles. The lowest BCUT2D eigenvalue weighted by Gasteiger charge is -1.91. The van der Waals surface area contributed by atoms with E-state index in [1.54, 1.807) is 13.8 Å². The molecule has 0 aliphatic heterocycles. The summed E-state index contributed by atoms with van der Waals surface area (Å²) in [4.78, 5) is 29.3. The van der Waals surface area contributed by atoms with Crippen LogP contribution < -0.4 is 5.73 Å². The van der Waals surface area contributed by atoms with Crippen LogP contribution in [-0.4, -0.2) is 58.2 Å². The Kier molecular flexibility index (Phi) is 37.7. The zero-order valence-corrected chi connectivity index (χ0v) is 12.0. The van der Waals surface area contributed by atoms with Gasteiger partial charge in [-0.2, -0.15) is 0 Å². The van der Waals surface area contributed by atoms with Gasteiger partial charge in [0, 0.05) is 13.2 Å². The molecule has 0 fully saturated rings. The third-order valence-electron chi connectivity index (χ3n) is 0.808. The van der Waals surface area contributed by atoms with Crippen molar-refractivity contribution in [2.45, 2.75) is 40.0 Å². The summed E-state index contributed by atoms with van der Waals surface area (Å²) in [7, 11) is -4.61. The molecule has 8 heteroatoms. The molecule has 0 spiro atoms. The molecule has 17 heavy (non-hydrogen) atoms. The average Bonchev–Trinajstić information content (AvgIpc) is 2.14. The van der Waals surface area contributed by atoms with Crippen LogP contribution in [0.5, 0.6) is 0 Å². The molecule has 0 amide bonds. The van der Waals surface area contributed by atoms with Crippen molar-refractivity contribution in [3.05, 3.63) is 0 Å². The molecule has 0 saturated heterocycles. The number of rotatable bonds is 3. The van der Waals surface area contributed by atoms with E-state index in [0.717, 1.165) is 6.54 Å². The molecule has 0 radical (unpaired) electrons. The maximum atomic E-state index is 7.57. The molecule has 0 bridgehead atoms. The van der Waals surface area contributed by atoms with Crippen molar-refractivity contribution in [3.8, 4) is 0 Å². The maximum absolute atomic E-state index is 7.57. The van der Waals surface area contributed by atoms with Gasteiger partial charge in [0.05, 0.1) is 0 Å². The van der Waals surface area contributed by atoms with Gasteiger partial charge in [0.15, 0.2) is 0 Å². The summed E-state index contributed by atoms with van der Waals surface area (Å²) in [6.07, 6.45) is 3.75. The van der Waals surface area contributed by atoms with Gasteiger partial charge in [0.1, 0.15) is 0 Å². The molecule has 0 aromatic rings. The highest BCUT2D eigenvalue weighted by atomic mass is 28.4. The first-order valence-corrected chi connectivity index (χ1v) is 7.35. The Balaban J connectivity index is -0.0000000698. The van der Waals surface area contributed by atoms with E-state index >= 15 is 0 Å². The van der Waals surface area contributed by atoms with Crippen LogP contribution in [0.1, 0.15) is 40.0 Å². The highest BCUT2D eigenvalue weighted by Gasteiger charge is 2.22. The quantitative estimate of drug-likeness (QED) is 0.245. The van der Waals surface area contributed by atoms with Gasteiger partial charge >= 0.3 is 9.05 Å². The van der Waals surface area contributed by atoms with Crippen LogP contribution in [0, 0.1) is 0 Å². The molecular formula is C9H29NO6Si. The summed E-state index contributed by atoms with van der Waals surface area (Å²) in [5.74, 6) is 0. The van der Waals surface area contributed by atoms with E-state index in [9.17, 15) is 0 Å². The average molecular weight is 275 g/mol. The molecule has 0 heterocycles. The molecule has 0 aromatic heterocycles. The fourth-order valence-electron chi connectivity index (χ4n) is 0.394. The number of aliphatic hydroxyl groups excluding tert-OH is 2. The van der Waals surface area contributed by atoms with Crippen molar-refractivity contribution in [3.63, 3.8) is 0 Å². The smallest absolute Gasteiger partial charge is 0.397 e. The summed E-state index contributed by atoms with van der Waals surface area (Å²) in [5.41, 5.74) is 5.21. The third kappa shape index (κ3) is 359. The first-order chi connectivity index (χ1) is 7.74. The first-order valence-electron chi connectivity index (χ1n) is 5.56. The summed E-state index contributed by atoms with van der Waals surface area (Å²) < 4.78 is 0. The van der Waals surface area contributed by atoms with Crippen molar-refractivity contribution >= 4 is 9.05 Å². The van der Waals surface area contributed by atoms with E-state index in [4.69, 9.17) is 35.1 Å². The Morgan fingerprint density at radius 3 is 1.12 bits per heavy atom. The standard InChI is InChI=1S/C5H13N.2C2H6O.H4O4Si/c1-2-3-4-5-6;2*1-2-3;1-5(2,3)4/h2-6H2,1H3;2*3H,2H2,1H3;1-4H. The number of hydrogen-bond donors (Lipinski definition) is 7. The summed E-state index contributed by atoms with van der Waals surface area (Å²) >= 11 is 0. The normalized spacial score (nSPS) is 8.82. The molecule has 8 N–H and O–H groups in total. The minimum atomic E-state index is -4.61. The Labute approximate surface area is 105 Å². The molecule has 0 atom stereocenters. The van der Waals surface area contributed by atoms with E-state index < -0.39 is 9.05 Å². The van der Waals surface area contributed by atoms with E-state index in [-0.39, 0.29) is 13.2 Å². The van der Waals surface area contributed by atoms with Gasteiger partial charge < -0.3 is 35.1 Å². The van der Waals surface area contributed by atoms with Crippen molar-refractivity contribution in [2.24, 2.45) is 5.73 Å². The van der Waals surface area contributed by atoms with Crippen molar-refractivity contribution in [1.82, 2.24) is 0 Å². The predicted molar refractivity (Wildman–Crippen MR) is 68.7 cm³/mol. The lowest BCUT2D eigenvalue weighted by Crippen LogP contribution is -2.33. The van der Waals surface area contributed by atoms with Gasteiger partial charge in [0.2, 0.25) is 0 Å². The van der Waals surface area contributed by atoms with Crippen LogP contribution >= 0.6 is 0 Å². The number of unbranched alkanes of at least 4 members (excludes halogenated alkanes) is 2. The Morgan fingerprint density at radius 2 is 1.06 bits per heavy atom. The zero-order valence-electron chi connectivity index (χ0n) is 11.0. The lowest BCUT2D eigenvalue weighted by atomic mass is 10.3. The highest BCUT2D eigenvalue weighted by Crippen LogP contribution is 1.88. The van der Waals surface area contributed by atoms with E-state index in [0.29, 0.717) is 0 Å². The maximum Gasteiger partial charge on any atom is 0.668 e. The molecule has 0 aliphatic rings. The summed E-state index contributed by atoms with van der Waals surface area (Å²) in [5, 5.41) is 15.1. The van der Waals surface area contributed by atoms with Crippen molar-refractivity contribution in [1.29, 1.82) is 0 Å². The molecule has 0 rings (SSSR count). The Morgan fingerprint density at radius 1 is 0.824 bits per heavy atom. The van der Waals surface area contributed by atoms with Gasteiger partial charge in [0.25, 0.3) is 0 Å². The molecule has 0 aliphatic carbocycles. The van der Waals surface area contributed by atoms with Crippen LogP contribution in [0.3, 0.4) is 0 Å². The minimum Gasteiger partial charge on any atom is -0.397 e. The van der Waals surface area contributed by atoms with E-state index in [1.165, 1.54) is 19.3 Å². The van der Waals surface area contributed by atoms with Gasteiger partial charge in [-0.05, 0) is 26.8 Å². The fraction of sp³-hybridized carbons (Fsp3) is 1.00. The number of nitrogens with two attached hydrogens (primary N) is 1. The monoisotopic (exact) mass is 275 g/mol. The number of hydrogen-bond acceptors (Lipinski definition) is 7. The molecule has 0 saturated carbocycles. The zero-order chi connectivity index (χ0) is 14.7. The Bertz CT molecular complexity index is 90.0. The van der Waals surface area contributed by atoms with Gasteiger partial charge in [-0.25, -0.2) is 0 Å². The van der Waals surface area contributed by atoms with E-state index in [2.05, 4.69) is 6.92 Å². The van der Waals surface area contributed by atoms with Crippen LogP contribution in [0.25, 0.3) is 0 Å². The van der Waals surface area contributed by atoms with Crippen LogP contribution in [0.15, 0.2) is 0 Å². The fourth-order valence-corrected chi connectivity index (χ4v) is 0.394. The summed E-state index contributed by atoms with van der Waals surface area (Å²) in [6, 6.07) is 0. The van der Waals surface area contributed by atoms with Crippen LogP contribution in [0.2, 0.25) is 0 Å². The third-order valence-corrected chi connectivity index (χ3v) is 0.808. The van der Waals surface area contributed by atoms with Crippen molar-refractivity contribution < 1.29 is 29.4 Å². The van der Waals surface area contributed by atoms with Gasteiger partial charge in [-0.15, -0.1) is 0 Å². The van der Waals surface area contributed by atoms with Gasteiger partial charge in [-0.3, -0.25) is 0 Å². The predicted octanol–water partition coefficient (Wildman–Crippen LogP) is -1.48. The van der Waals surface area contributed by atoms with Crippen LogP contribution in [0.4, 0.5) is 0 Å². The van der Waals surface area contributed by atoms with E-state index in [1.807, 2.05) is 0 Å². The highest BCUT2D eigenvalue weighted by molar-refractivity contribution is 6.46. The first kappa shape index (κ1) is 25.7. The second-order valence-electron chi connectivity index (χ2n) is 2.73.